The van der Waals surface area contributed by atoms with Crippen molar-refractivity contribution in [2.75, 3.05) is 124 Å². The molecule has 6 aromatic carbocycles. The second-order valence-electron chi connectivity index (χ2n) is 35.3. The molecule has 0 saturated carbocycles. The smallest absolute Gasteiger partial charge is 0.493 e. The highest BCUT2D eigenvalue weighted by Crippen LogP contribution is 2.61. The third-order valence-electron chi connectivity index (χ3n) is 26.7. The number of rotatable bonds is 21. The van der Waals surface area contributed by atoms with Crippen LogP contribution < -0.4 is 54.1 Å². The number of fused-ring (bicyclic) bond motifs is 9. The molecule has 11 atom stereocenters. The van der Waals surface area contributed by atoms with Gasteiger partial charge in [-0.2, -0.15) is 5.26 Å². The number of hydrogen-bond acceptors (Lipinski definition) is 24. The first-order chi connectivity index (χ1) is 55.8. The number of ether oxygens (including phenoxy) is 9. The molecule has 8 aliphatic heterocycles. The molecule has 117 heavy (non-hydrogen) atoms. The molecular weight excluding hydrogens is 1500 g/mol. The van der Waals surface area contributed by atoms with Gasteiger partial charge in [0.05, 0.1) is 99.8 Å². The van der Waals surface area contributed by atoms with Gasteiger partial charge < -0.3 is 91.4 Å². The molecule has 4 saturated heterocycles. The molecule has 4 fully saturated rings. The minimum absolute atomic E-state index is 0.0255. The summed E-state index contributed by atoms with van der Waals surface area (Å²) < 4.78 is 85.3. The number of piperazine rings is 1. The van der Waals surface area contributed by atoms with Crippen molar-refractivity contribution >= 4 is 33.5 Å². The summed E-state index contributed by atoms with van der Waals surface area (Å²) in [4.78, 5) is 13.4. The van der Waals surface area contributed by atoms with Crippen LogP contribution in [0.15, 0.2) is 48.5 Å². The van der Waals surface area contributed by atoms with Gasteiger partial charge in [0.2, 0.25) is 0 Å². The third-order valence-corrected chi connectivity index (χ3v) is 32.1. The molecule has 8 heterocycles. The number of phenolic OH excluding ortho intramolecular Hbond substituents is 4. The molecule has 8 aliphatic rings. The number of benzene rings is 6. The molecule has 0 aromatic heterocycles. The molecular formula is C89H121B2N7O18Si. The highest BCUT2D eigenvalue weighted by atomic mass is 28.4. The van der Waals surface area contributed by atoms with E-state index < -0.39 is 58.9 Å². The van der Waals surface area contributed by atoms with Crippen LogP contribution in [0.2, 0.25) is 17.6 Å². The molecule has 0 aliphatic carbocycles. The fourth-order valence-electron chi connectivity index (χ4n) is 20.3. The number of phenols is 4. The van der Waals surface area contributed by atoms with Gasteiger partial charge in [0, 0.05) is 148 Å². The van der Waals surface area contributed by atoms with Gasteiger partial charge in [0.15, 0.2) is 54.3 Å². The maximum absolute atomic E-state index is 12.4. The van der Waals surface area contributed by atoms with E-state index in [1.54, 1.807) is 49.8 Å². The van der Waals surface area contributed by atoms with Gasteiger partial charge in [0.1, 0.15) is 35.1 Å². The lowest BCUT2D eigenvalue weighted by atomic mass is 9.70. The highest BCUT2D eigenvalue weighted by molar-refractivity contribution is 6.75. The molecule has 28 heteroatoms. The zero-order valence-electron chi connectivity index (χ0n) is 72.7. The number of nitriles is 1. The van der Waals surface area contributed by atoms with E-state index in [-0.39, 0.29) is 64.1 Å². The van der Waals surface area contributed by atoms with Gasteiger partial charge in [-0.05, 0) is 107 Å². The van der Waals surface area contributed by atoms with Crippen molar-refractivity contribution in [1.82, 2.24) is 24.9 Å². The Morgan fingerprint density at radius 3 is 1.42 bits per heavy atom. The number of aromatic hydroxyl groups is 4. The average Bonchev–Trinajstić information content (AvgIpc) is 0.694. The molecule has 2 bridgehead atoms. The van der Waals surface area contributed by atoms with Crippen LogP contribution >= 0.6 is 0 Å². The number of likely N-dealkylation sites (N-methyl/N-ethyl adjacent to an activating group) is 2. The van der Waals surface area contributed by atoms with Crippen molar-refractivity contribution in [1.29, 1.82) is 5.26 Å². The first-order valence-corrected chi connectivity index (χ1v) is 43.6. The van der Waals surface area contributed by atoms with Crippen LogP contribution in [0, 0.1) is 56.4 Å². The highest BCUT2D eigenvalue weighted by Gasteiger charge is 2.59. The van der Waals surface area contributed by atoms with Crippen LogP contribution in [-0.4, -0.2) is 229 Å². The Kier molecular flexibility index (Phi) is 25.5. The zero-order valence-corrected chi connectivity index (χ0v) is 73.7. The lowest BCUT2D eigenvalue weighted by molar-refractivity contribution is -0.0652. The van der Waals surface area contributed by atoms with E-state index in [2.05, 4.69) is 105 Å². The van der Waals surface area contributed by atoms with E-state index >= 15 is 0 Å². The molecule has 6 aromatic rings. The summed E-state index contributed by atoms with van der Waals surface area (Å²) >= 11 is 0. The van der Waals surface area contributed by atoms with E-state index in [0.717, 1.165) is 61.9 Å². The summed E-state index contributed by atoms with van der Waals surface area (Å²) in [5.74, 6) is 4.12. The topological polar surface area (TPSA) is 263 Å². The largest absolute Gasteiger partial charge is 0.504 e. The molecule has 5 N–H and O–H groups in total. The fourth-order valence-corrected chi connectivity index (χ4v) is 22.9. The molecule has 4 unspecified atom stereocenters. The number of morpholine rings is 1. The van der Waals surface area contributed by atoms with E-state index in [1.807, 2.05) is 83.3 Å². The second kappa shape index (κ2) is 34.5. The van der Waals surface area contributed by atoms with Crippen LogP contribution in [0.3, 0.4) is 0 Å². The van der Waals surface area contributed by atoms with Crippen molar-refractivity contribution in [3.05, 3.63) is 138 Å². The Bertz CT molecular complexity index is 4720. The van der Waals surface area contributed by atoms with E-state index in [9.17, 15) is 25.7 Å². The summed E-state index contributed by atoms with van der Waals surface area (Å²) in [5.41, 5.74) is 13.3. The maximum atomic E-state index is 12.4. The Morgan fingerprint density at radius 2 is 0.974 bits per heavy atom. The average molecular weight is 1630 g/mol. The predicted octanol–water partition coefficient (Wildman–Crippen LogP) is 11.8. The Labute approximate surface area is 693 Å². The third kappa shape index (κ3) is 15.3. The van der Waals surface area contributed by atoms with Crippen LogP contribution in [0.1, 0.15) is 164 Å². The van der Waals surface area contributed by atoms with Crippen LogP contribution in [-0.2, 0) is 53.5 Å². The van der Waals surface area contributed by atoms with Gasteiger partial charge in [-0.25, -0.2) is 11.5 Å². The second-order valence-corrected chi connectivity index (χ2v) is 40.3. The number of methoxy groups -OCH3 is 8. The SMILES string of the molecule is COc1c(C)c(OC)c2c(c1O)C(c1ccc(B3OCC(C)(C)CO3)cc1)N1[C@@H](C#N)[C@@H]3Cc4c(OC)c(C)c(OC)c(O)c4[C@H]([C@@H]1C2)N3C.[C-]#[N+][C@H](C1Cc2c(OC)c(C)c(OC)c(O)c2C(C2Cc3c(OC)c(C)c(OC)c(O)c3[C@H](c3ccc(B4OCC(C)(C)CO4)cc3)N2)N1C)N1CCO[C@@H](CCO[Si](C)(C(C)C)C(C)C)C1. The van der Waals surface area contributed by atoms with E-state index in [0.29, 0.717) is 169 Å². The molecule has 25 nitrogen and oxygen atoms in total. The normalized spacial score (nSPS) is 24.6. The van der Waals surface area contributed by atoms with Crippen molar-refractivity contribution in [2.24, 2.45) is 10.8 Å². The summed E-state index contributed by atoms with van der Waals surface area (Å²) in [6.07, 6.45) is 1.89. The molecule has 0 radical (unpaired) electrons. The number of nitrogens with zero attached hydrogens (tertiary/aromatic N) is 6. The van der Waals surface area contributed by atoms with Gasteiger partial charge in [-0.15, -0.1) is 0 Å². The van der Waals surface area contributed by atoms with Crippen molar-refractivity contribution in [2.45, 2.75) is 199 Å². The molecule has 0 spiro atoms. The summed E-state index contributed by atoms with van der Waals surface area (Å²) in [5, 5.41) is 63.5. The van der Waals surface area contributed by atoms with Crippen LogP contribution in [0.25, 0.3) is 4.85 Å². The Morgan fingerprint density at radius 1 is 0.564 bits per heavy atom. The van der Waals surface area contributed by atoms with Gasteiger partial charge in [-0.3, -0.25) is 19.5 Å². The maximum Gasteiger partial charge on any atom is 0.493 e. The summed E-state index contributed by atoms with van der Waals surface area (Å²) in [6, 6.07) is 15.0. The predicted molar refractivity (Wildman–Crippen MR) is 452 cm³/mol. The first kappa shape index (κ1) is 86.6. The summed E-state index contributed by atoms with van der Waals surface area (Å²) in [7, 11) is 13.9. The van der Waals surface area contributed by atoms with Crippen molar-refractivity contribution in [3.8, 4) is 75.1 Å². The lowest BCUT2D eigenvalue weighted by Gasteiger charge is -2.60. The monoisotopic (exact) mass is 1630 g/mol. The number of nitrogens with one attached hydrogen (secondary N) is 1. The molecule has 14 rings (SSSR count). The van der Waals surface area contributed by atoms with E-state index in [1.165, 1.54) is 7.11 Å². The standard InChI is InChI=1S/C51H75BN4O10Si.C38H46BN3O8/c1-29(2)67(15,30(3)4)66-22-20-35-26-56(21-23-63-35)50(53-9)39-25-37-41(45(58)49(62-14)32(6)47(37)60-12)43(55(39)10)38-24-36-40(44(57)48(61-13)31(5)46(36)59-11)42(54-38)33-16-18-34(19-17-33)52-64-27-51(7,8)28-65-52;1-19-34(45-6)23-14-25-27(16-40)42-26(31(41(25)5)29(23)33(44)37(19)48-9)15-24-28(32(43)36(47-8)20(2)35(24)46-7)30(42)21-10-12-22(13-11-21)39-49-17-38(3,4)18-50-39/h16-19,29-30,35,38-39,42-43,50,54,57-58H,20-28H2,1-8,10-15H3;10-13,25-27,30-31,43-44H,14-15,17-18H2,1-9H3/t35-,38?,39?,42-,43?,50-;25-,26-,27-,30?,31-/m00/s1. The van der Waals surface area contributed by atoms with Gasteiger partial charge in [-0.1, -0.05) is 104 Å². The number of hydrogen-bond donors (Lipinski definition) is 5. The minimum atomic E-state index is -1.94. The van der Waals surface area contributed by atoms with Crippen molar-refractivity contribution in [3.63, 3.8) is 0 Å². The Balaban J connectivity index is 0.000000212. The summed E-state index contributed by atoms with van der Waals surface area (Å²) in [6.45, 7) is 41.0. The quantitative estimate of drug-likeness (QED) is 0.0331. The molecule has 630 valence electrons. The van der Waals surface area contributed by atoms with Gasteiger partial charge >= 0.3 is 14.2 Å². The van der Waals surface area contributed by atoms with Crippen molar-refractivity contribution < 1.29 is 86.1 Å². The zero-order chi connectivity index (χ0) is 84.5. The molecule has 0 amide bonds. The van der Waals surface area contributed by atoms with Crippen LogP contribution in [0.5, 0.6) is 69.0 Å². The van der Waals surface area contributed by atoms with Gasteiger partial charge in [0.25, 0.3) is 6.17 Å². The van der Waals surface area contributed by atoms with Crippen LogP contribution in [0.4, 0.5) is 0 Å². The Hall–Kier alpha value is -8.19. The van der Waals surface area contributed by atoms with E-state index in [4.69, 9.17) is 72.2 Å². The fraction of sp³-hybridized carbons (Fsp3) is 0.573. The lowest BCUT2D eigenvalue weighted by Crippen LogP contribution is -2.68. The first-order valence-electron chi connectivity index (χ1n) is 41.0. The minimum Gasteiger partial charge on any atom is -0.504 e.